The van der Waals surface area contributed by atoms with Gasteiger partial charge in [0.2, 0.25) is 5.91 Å². The van der Waals surface area contributed by atoms with Gasteiger partial charge in [-0.05, 0) is 38.3 Å². The topological polar surface area (TPSA) is 53.5 Å². The van der Waals surface area contributed by atoms with Crippen molar-refractivity contribution >= 4 is 23.2 Å². The molecule has 136 valence electrons. The van der Waals surface area contributed by atoms with E-state index in [1.54, 1.807) is 16.8 Å². The fourth-order valence-electron chi connectivity index (χ4n) is 4.13. The molecule has 0 spiro atoms. The molecule has 0 N–H and O–H groups in total. The molecular weight excluding hydrogens is 346 g/mol. The van der Waals surface area contributed by atoms with Gasteiger partial charge in [-0.3, -0.25) is 9.59 Å². The number of piperidine rings is 1. The van der Waals surface area contributed by atoms with Crippen LogP contribution in [-0.4, -0.2) is 45.7 Å². The molecule has 1 aromatic carbocycles. The maximum Gasteiger partial charge on any atom is 0.254 e. The van der Waals surface area contributed by atoms with Gasteiger partial charge in [0.15, 0.2) is 0 Å². The number of amides is 2. The number of nitrogens with zero attached hydrogens (tertiary/aromatic N) is 3. The van der Waals surface area contributed by atoms with Crippen LogP contribution in [-0.2, 0) is 11.3 Å². The van der Waals surface area contributed by atoms with E-state index < -0.39 is 0 Å². The summed E-state index contributed by atoms with van der Waals surface area (Å²) in [6.07, 6.45) is 1.82. The zero-order valence-corrected chi connectivity index (χ0v) is 16.0. The molecule has 5 nitrogen and oxygen atoms in total. The summed E-state index contributed by atoms with van der Waals surface area (Å²) in [5.74, 6) is 0.120. The van der Waals surface area contributed by atoms with E-state index in [-0.39, 0.29) is 23.8 Å². The van der Waals surface area contributed by atoms with Crippen LogP contribution in [0.1, 0.15) is 40.0 Å². The molecule has 6 heteroatoms. The smallest absolute Gasteiger partial charge is 0.254 e. The van der Waals surface area contributed by atoms with Crippen molar-refractivity contribution in [2.45, 2.75) is 39.3 Å². The minimum Gasteiger partial charge on any atom is -0.336 e. The van der Waals surface area contributed by atoms with Gasteiger partial charge >= 0.3 is 0 Å². The van der Waals surface area contributed by atoms with Crippen molar-refractivity contribution in [3.05, 3.63) is 51.5 Å². The third-order valence-electron chi connectivity index (χ3n) is 5.51. The molecule has 0 aliphatic carbocycles. The number of aromatic nitrogens is 1. The van der Waals surface area contributed by atoms with Crippen molar-refractivity contribution in [1.29, 1.82) is 0 Å². The van der Waals surface area contributed by atoms with E-state index in [4.69, 9.17) is 0 Å². The molecule has 2 unspecified atom stereocenters. The zero-order chi connectivity index (χ0) is 18.3. The molecule has 3 saturated heterocycles. The predicted octanol–water partition coefficient (Wildman–Crippen LogP) is 3.02. The van der Waals surface area contributed by atoms with Crippen molar-refractivity contribution in [3.63, 3.8) is 0 Å². The summed E-state index contributed by atoms with van der Waals surface area (Å²) in [4.78, 5) is 34.2. The molecule has 2 bridgehead atoms. The van der Waals surface area contributed by atoms with Gasteiger partial charge in [0.05, 0.1) is 23.7 Å². The van der Waals surface area contributed by atoms with Crippen LogP contribution in [0.5, 0.6) is 0 Å². The lowest BCUT2D eigenvalue weighted by atomic mass is 9.94. The molecule has 1 aromatic heterocycles. The van der Waals surface area contributed by atoms with E-state index in [0.717, 1.165) is 35.2 Å². The lowest BCUT2D eigenvalue weighted by Gasteiger charge is -2.35. The van der Waals surface area contributed by atoms with E-state index in [9.17, 15) is 9.59 Å². The van der Waals surface area contributed by atoms with Crippen LogP contribution >= 0.6 is 11.3 Å². The van der Waals surface area contributed by atoms with E-state index >= 15 is 0 Å². The second-order valence-corrected chi connectivity index (χ2v) is 8.12. The summed E-state index contributed by atoms with van der Waals surface area (Å²) < 4.78 is 0. The molecule has 26 heavy (non-hydrogen) atoms. The van der Waals surface area contributed by atoms with Crippen molar-refractivity contribution in [3.8, 4) is 0 Å². The highest BCUT2D eigenvalue weighted by molar-refractivity contribution is 7.07. The second kappa shape index (κ2) is 6.83. The molecular formula is C20H23N3O2S. The number of carbonyl (C=O) groups is 2. The first kappa shape index (κ1) is 17.2. The average molecular weight is 369 g/mol. The number of carbonyl (C=O) groups excluding carboxylic acids is 2. The number of hydrogen-bond acceptors (Lipinski definition) is 4. The minimum atomic E-state index is -0.0953. The fourth-order valence-corrected chi connectivity index (χ4v) is 4.68. The second-order valence-electron chi connectivity index (χ2n) is 7.40. The molecule has 0 saturated carbocycles. The largest absolute Gasteiger partial charge is 0.336 e. The highest BCUT2D eigenvalue weighted by atomic mass is 32.1. The van der Waals surface area contributed by atoms with E-state index in [0.29, 0.717) is 19.6 Å². The van der Waals surface area contributed by atoms with Crippen molar-refractivity contribution in [2.24, 2.45) is 5.92 Å². The van der Waals surface area contributed by atoms with Crippen molar-refractivity contribution < 1.29 is 9.59 Å². The molecule has 3 aliphatic rings. The number of thiazole rings is 1. The lowest BCUT2D eigenvalue weighted by molar-refractivity contribution is -0.140. The Bertz CT molecular complexity index is 834. The number of aryl methyl sites for hydroxylation is 2. The Morgan fingerprint density at radius 3 is 2.85 bits per heavy atom. The number of hydrogen-bond donors (Lipinski definition) is 0. The SMILES string of the molecule is Cc1ccc(C(=O)N2CC3CCC(C2)N(Cc2cscn2)C3=O)c(C)c1. The first-order chi connectivity index (χ1) is 12.5. The Morgan fingerprint density at radius 2 is 2.12 bits per heavy atom. The maximum atomic E-state index is 13.1. The lowest BCUT2D eigenvalue weighted by Crippen LogP contribution is -2.47. The first-order valence-electron chi connectivity index (χ1n) is 9.07. The summed E-state index contributed by atoms with van der Waals surface area (Å²) in [7, 11) is 0. The van der Waals surface area contributed by atoms with Crippen LogP contribution in [0.3, 0.4) is 0 Å². The van der Waals surface area contributed by atoms with Crippen LogP contribution in [0, 0.1) is 19.8 Å². The predicted molar refractivity (Wildman–Crippen MR) is 101 cm³/mol. The zero-order valence-electron chi connectivity index (χ0n) is 15.1. The quantitative estimate of drug-likeness (QED) is 0.836. The summed E-state index contributed by atoms with van der Waals surface area (Å²) in [5, 5.41) is 1.99. The Hall–Kier alpha value is -2.21. The van der Waals surface area contributed by atoms with Crippen molar-refractivity contribution in [2.75, 3.05) is 13.1 Å². The molecule has 3 fully saturated rings. The molecule has 5 rings (SSSR count). The summed E-state index contributed by atoms with van der Waals surface area (Å²) >= 11 is 1.55. The number of benzene rings is 1. The normalized spacial score (nSPS) is 22.6. The first-order valence-corrected chi connectivity index (χ1v) is 10.0. The number of fused-ring (bicyclic) bond motifs is 4. The van der Waals surface area contributed by atoms with Gasteiger partial charge in [-0.2, -0.15) is 0 Å². The molecule has 3 aliphatic heterocycles. The average Bonchev–Trinajstić information content (AvgIpc) is 2.97. The highest BCUT2D eigenvalue weighted by Crippen LogP contribution is 2.31. The molecule has 2 atom stereocenters. The monoisotopic (exact) mass is 369 g/mol. The molecule has 2 aromatic rings. The van der Waals surface area contributed by atoms with Gasteiger partial charge < -0.3 is 9.80 Å². The van der Waals surface area contributed by atoms with E-state index in [1.807, 2.05) is 47.2 Å². The molecule has 4 heterocycles. The van der Waals surface area contributed by atoms with Gasteiger partial charge in [0, 0.05) is 30.1 Å². The third kappa shape index (κ3) is 3.14. The summed E-state index contributed by atoms with van der Waals surface area (Å²) in [6, 6.07) is 6.01. The summed E-state index contributed by atoms with van der Waals surface area (Å²) in [5.41, 5.74) is 5.63. The van der Waals surface area contributed by atoms with Gasteiger partial charge in [-0.1, -0.05) is 17.7 Å². The highest BCUT2D eigenvalue weighted by Gasteiger charge is 2.42. The van der Waals surface area contributed by atoms with Crippen LogP contribution in [0.25, 0.3) is 0 Å². The van der Waals surface area contributed by atoms with Gasteiger partial charge in [0.25, 0.3) is 5.91 Å². The molecule has 0 radical (unpaired) electrons. The van der Waals surface area contributed by atoms with Gasteiger partial charge in [-0.15, -0.1) is 11.3 Å². The maximum absolute atomic E-state index is 13.1. The Kier molecular flexibility index (Phi) is 4.53. The Morgan fingerprint density at radius 1 is 1.27 bits per heavy atom. The van der Waals surface area contributed by atoms with Crippen LogP contribution in [0.4, 0.5) is 0 Å². The van der Waals surface area contributed by atoms with Crippen LogP contribution in [0.15, 0.2) is 29.1 Å². The minimum absolute atomic E-state index is 0.0442. The Balaban J connectivity index is 1.57. The third-order valence-corrected chi connectivity index (χ3v) is 6.14. The van der Waals surface area contributed by atoms with Gasteiger partial charge in [0.1, 0.15) is 0 Å². The summed E-state index contributed by atoms with van der Waals surface area (Å²) in [6.45, 7) is 5.69. The van der Waals surface area contributed by atoms with Crippen LogP contribution < -0.4 is 0 Å². The van der Waals surface area contributed by atoms with E-state index in [2.05, 4.69) is 4.98 Å². The fraction of sp³-hybridized carbons (Fsp3) is 0.450. The van der Waals surface area contributed by atoms with Crippen LogP contribution in [0.2, 0.25) is 0 Å². The standard InChI is InChI=1S/C20H23N3O2S/c1-13-3-6-18(14(2)7-13)20(25)22-8-15-4-5-17(10-22)23(19(15)24)9-16-11-26-12-21-16/h3,6-7,11-12,15,17H,4-5,8-10H2,1-2H3. The van der Waals surface area contributed by atoms with Crippen molar-refractivity contribution in [1.82, 2.24) is 14.8 Å². The number of rotatable bonds is 3. The van der Waals surface area contributed by atoms with Gasteiger partial charge in [-0.25, -0.2) is 4.98 Å². The van der Waals surface area contributed by atoms with E-state index in [1.165, 1.54) is 0 Å². The Labute approximate surface area is 157 Å². The molecule has 2 amide bonds.